The van der Waals surface area contributed by atoms with Crippen molar-refractivity contribution >= 4 is 17.7 Å². The van der Waals surface area contributed by atoms with Crippen LogP contribution in [0.4, 0.5) is 0 Å². The standard InChI is InChI=1S/C24H29N3O5/c1-31-19-7-4-6-18(16-19)22(28)25-21(24(30)26-11-2-3-12-26)17-9-13-27(14-10-17)23(29)20-8-5-15-32-20/h4-8,15-17,21H,2-3,9-14H2,1H3,(H,25,28)/t21-/m1/s1. The molecule has 1 aromatic heterocycles. The number of ether oxygens (including phenoxy) is 1. The summed E-state index contributed by atoms with van der Waals surface area (Å²) in [5, 5.41) is 2.99. The number of nitrogens with zero attached hydrogens (tertiary/aromatic N) is 2. The summed E-state index contributed by atoms with van der Waals surface area (Å²) >= 11 is 0. The van der Waals surface area contributed by atoms with Crippen LogP contribution >= 0.6 is 0 Å². The largest absolute Gasteiger partial charge is 0.497 e. The van der Waals surface area contributed by atoms with Gasteiger partial charge in [-0.25, -0.2) is 0 Å². The second-order valence-corrected chi connectivity index (χ2v) is 8.32. The molecule has 2 fully saturated rings. The Morgan fingerprint density at radius 2 is 1.78 bits per heavy atom. The van der Waals surface area contributed by atoms with Gasteiger partial charge in [-0.1, -0.05) is 6.07 Å². The highest BCUT2D eigenvalue weighted by atomic mass is 16.5. The van der Waals surface area contributed by atoms with Crippen molar-refractivity contribution in [2.24, 2.45) is 5.92 Å². The molecule has 170 valence electrons. The molecule has 1 atom stereocenters. The van der Waals surface area contributed by atoms with Gasteiger partial charge in [-0.05, 0) is 61.9 Å². The molecule has 8 heteroatoms. The third-order valence-corrected chi connectivity index (χ3v) is 6.33. The molecule has 32 heavy (non-hydrogen) atoms. The molecule has 0 unspecified atom stereocenters. The number of benzene rings is 1. The lowest BCUT2D eigenvalue weighted by atomic mass is 9.88. The van der Waals surface area contributed by atoms with Crippen molar-refractivity contribution in [1.82, 2.24) is 15.1 Å². The number of hydrogen-bond donors (Lipinski definition) is 1. The van der Waals surface area contributed by atoms with Crippen molar-refractivity contribution in [2.75, 3.05) is 33.3 Å². The molecule has 8 nitrogen and oxygen atoms in total. The van der Waals surface area contributed by atoms with Crippen LogP contribution in [0.15, 0.2) is 47.1 Å². The van der Waals surface area contributed by atoms with Gasteiger partial charge in [0.15, 0.2) is 5.76 Å². The maximum Gasteiger partial charge on any atom is 0.289 e. The van der Waals surface area contributed by atoms with E-state index in [4.69, 9.17) is 9.15 Å². The van der Waals surface area contributed by atoms with Crippen LogP contribution in [-0.2, 0) is 4.79 Å². The molecule has 0 radical (unpaired) electrons. The number of carbonyl (C=O) groups is 3. The summed E-state index contributed by atoms with van der Waals surface area (Å²) in [6, 6.07) is 9.63. The SMILES string of the molecule is COc1cccc(C(=O)N[C@@H](C(=O)N2CCCC2)C2CCN(C(=O)c3ccco3)CC2)c1. The summed E-state index contributed by atoms with van der Waals surface area (Å²) < 4.78 is 10.4. The van der Waals surface area contributed by atoms with E-state index in [9.17, 15) is 14.4 Å². The number of piperidine rings is 1. The van der Waals surface area contributed by atoms with Crippen molar-refractivity contribution in [3.63, 3.8) is 0 Å². The lowest BCUT2D eigenvalue weighted by Gasteiger charge is -2.36. The Balaban J connectivity index is 1.46. The molecule has 4 rings (SSSR count). The highest BCUT2D eigenvalue weighted by molar-refractivity contribution is 5.98. The number of hydrogen-bond acceptors (Lipinski definition) is 5. The Kier molecular flexibility index (Phi) is 6.78. The van der Waals surface area contributed by atoms with Gasteiger partial charge >= 0.3 is 0 Å². The monoisotopic (exact) mass is 439 g/mol. The Morgan fingerprint density at radius 1 is 1.03 bits per heavy atom. The minimum Gasteiger partial charge on any atom is -0.497 e. The van der Waals surface area contributed by atoms with Gasteiger partial charge in [-0.15, -0.1) is 0 Å². The van der Waals surface area contributed by atoms with E-state index in [1.807, 2.05) is 4.90 Å². The molecular weight excluding hydrogens is 410 g/mol. The van der Waals surface area contributed by atoms with E-state index in [1.54, 1.807) is 48.4 Å². The van der Waals surface area contributed by atoms with E-state index in [0.717, 1.165) is 25.9 Å². The lowest BCUT2D eigenvalue weighted by Crippen LogP contribution is -2.54. The van der Waals surface area contributed by atoms with Gasteiger partial charge in [-0.2, -0.15) is 0 Å². The fraction of sp³-hybridized carbons (Fsp3) is 0.458. The predicted molar refractivity (Wildman–Crippen MR) is 117 cm³/mol. The molecular formula is C24H29N3O5. The molecule has 0 saturated carbocycles. The van der Waals surface area contributed by atoms with Gasteiger partial charge in [0.25, 0.3) is 11.8 Å². The number of rotatable bonds is 6. The second-order valence-electron chi connectivity index (χ2n) is 8.32. The Hall–Kier alpha value is -3.29. The quantitative estimate of drug-likeness (QED) is 0.747. The number of likely N-dealkylation sites (tertiary alicyclic amines) is 2. The highest BCUT2D eigenvalue weighted by Gasteiger charge is 2.37. The molecule has 2 aromatic rings. The second kappa shape index (κ2) is 9.89. The first-order valence-electron chi connectivity index (χ1n) is 11.1. The molecule has 1 aromatic carbocycles. The Morgan fingerprint density at radius 3 is 2.44 bits per heavy atom. The van der Waals surface area contributed by atoms with Crippen LogP contribution in [0.5, 0.6) is 5.75 Å². The zero-order valence-electron chi connectivity index (χ0n) is 18.3. The van der Waals surface area contributed by atoms with E-state index in [1.165, 1.54) is 6.26 Å². The van der Waals surface area contributed by atoms with Gasteiger partial charge in [0.1, 0.15) is 11.8 Å². The number of methoxy groups -OCH3 is 1. The first-order chi connectivity index (χ1) is 15.6. The van der Waals surface area contributed by atoms with Crippen LogP contribution < -0.4 is 10.1 Å². The molecule has 3 amide bonds. The van der Waals surface area contributed by atoms with Gasteiger partial charge in [0, 0.05) is 31.7 Å². The van der Waals surface area contributed by atoms with Crippen molar-refractivity contribution < 1.29 is 23.5 Å². The number of nitrogens with one attached hydrogen (secondary N) is 1. The minimum absolute atomic E-state index is 0.0328. The molecule has 0 spiro atoms. The number of furan rings is 1. The average Bonchev–Trinajstić information content (AvgIpc) is 3.56. The fourth-order valence-corrected chi connectivity index (χ4v) is 4.50. The summed E-state index contributed by atoms with van der Waals surface area (Å²) in [6.45, 7) is 2.48. The van der Waals surface area contributed by atoms with Crippen LogP contribution in [-0.4, -0.2) is 66.9 Å². The number of carbonyl (C=O) groups excluding carboxylic acids is 3. The van der Waals surface area contributed by atoms with Gasteiger partial charge in [-0.3, -0.25) is 14.4 Å². The first-order valence-corrected chi connectivity index (χ1v) is 11.1. The third kappa shape index (κ3) is 4.79. The van der Waals surface area contributed by atoms with E-state index in [0.29, 0.717) is 43.0 Å². The summed E-state index contributed by atoms with van der Waals surface area (Å²) in [7, 11) is 1.55. The van der Waals surface area contributed by atoms with Crippen molar-refractivity contribution in [3.05, 3.63) is 54.0 Å². The predicted octanol–water partition coefficient (Wildman–Crippen LogP) is 2.56. The van der Waals surface area contributed by atoms with Gasteiger partial charge in [0.05, 0.1) is 13.4 Å². The van der Waals surface area contributed by atoms with Crippen LogP contribution in [0.3, 0.4) is 0 Å². The molecule has 0 aliphatic carbocycles. The molecule has 2 aliphatic rings. The zero-order chi connectivity index (χ0) is 22.5. The van der Waals surface area contributed by atoms with Crippen molar-refractivity contribution in [1.29, 1.82) is 0 Å². The van der Waals surface area contributed by atoms with E-state index >= 15 is 0 Å². The van der Waals surface area contributed by atoms with Gasteiger partial charge < -0.3 is 24.3 Å². The lowest BCUT2D eigenvalue weighted by molar-refractivity contribution is -0.134. The van der Waals surface area contributed by atoms with E-state index < -0.39 is 6.04 Å². The summed E-state index contributed by atoms with van der Waals surface area (Å²) in [5.41, 5.74) is 0.453. The van der Waals surface area contributed by atoms with Crippen molar-refractivity contribution in [3.8, 4) is 5.75 Å². The smallest absolute Gasteiger partial charge is 0.289 e. The summed E-state index contributed by atoms with van der Waals surface area (Å²) in [4.78, 5) is 42.5. The summed E-state index contributed by atoms with van der Waals surface area (Å²) in [5.74, 6) is 0.393. The maximum absolute atomic E-state index is 13.3. The van der Waals surface area contributed by atoms with Crippen LogP contribution in [0, 0.1) is 5.92 Å². The molecule has 0 bridgehead atoms. The van der Waals surface area contributed by atoms with Gasteiger partial charge in [0.2, 0.25) is 5.91 Å². The Labute approximate surface area is 187 Å². The van der Waals surface area contributed by atoms with Crippen molar-refractivity contribution in [2.45, 2.75) is 31.7 Å². The number of amides is 3. The maximum atomic E-state index is 13.3. The first kappa shape index (κ1) is 21.9. The molecule has 3 heterocycles. The van der Waals surface area contributed by atoms with E-state index in [-0.39, 0.29) is 23.6 Å². The van der Waals surface area contributed by atoms with E-state index in [2.05, 4.69) is 5.32 Å². The van der Waals surface area contributed by atoms with Crippen LogP contribution in [0.2, 0.25) is 0 Å². The molecule has 1 N–H and O–H groups in total. The fourth-order valence-electron chi connectivity index (χ4n) is 4.50. The summed E-state index contributed by atoms with van der Waals surface area (Å²) in [6.07, 6.45) is 4.72. The van der Waals surface area contributed by atoms with Crippen LogP contribution in [0.1, 0.15) is 46.6 Å². The zero-order valence-corrected chi connectivity index (χ0v) is 18.3. The highest BCUT2D eigenvalue weighted by Crippen LogP contribution is 2.25. The average molecular weight is 440 g/mol. The normalized spacial score (nSPS) is 17.8. The minimum atomic E-state index is -0.618. The van der Waals surface area contributed by atoms with Crippen LogP contribution in [0.25, 0.3) is 0 Å². The topological polar surface area (TPSA) is 92.1 Å². The molecule has 2 aliphatic heterocycles. The molecule has 2 saturated heterocycles. The Bertz CT molecular complexity index is 944. The third-order valence-electron chi connectivity index (χ3n) is 6.33.